The zero-order valence-electron chi connectivity index (χ0n) is 12.4. The minimum Gasteiger partial charge on any atom is -0.481 e. The predicted molar refractivity (Wildman–Crippen MR) is 77.0 cm³/mol. The van der Waals surface area contributed by atoms with Crippen molar-refractivity contribution in [1.82, 2.24) is 5.32 Å². The van der Waals surface area contributed by atoms with Gasteiger partial charge in [0.2, 0.25) is 0 Å². The summed E-state index contributed by atoms with van der Waals surface area (Å²) in [5.74, 6) is -0.909. The Balaban J connectivity index is 2.71. The molecule has 0 fully saturated rings. The van der Waals surface area contributed by atoms with Gasteiger partial charge < -0.3 is 20.3 Å². The molecule has 1 rings (SSSR count). The van der Waals surface area contributed by atoms with Crippen LogP contribution in [0.25, 0.3) is 0 Å². The smallest absolute Gasteiger partial charge is 0.408 e. The van der Waals surface area contributed by atoms with Gasteiger partial charge >= 0.3 is 12.1 Å². The van der Waals surface area contributed by atoms with Crippen molar-refractivity contribution in [1.29, 1.82) is 0 Å². The first-order chi connectivity index (χ1) is 9.71. The number of carbonyl (C=O) groups excluding carboxylic acids is 1. The molecule has 1 amide bonds. The highest BCUT2D eigenvalue weighted by atomic mass is 16.6. The first-order valence-corrected chi connectivity index (χ1v) is 6.62. The molecule has 6 heteroatoms. The van der Waals surface area contributed by atoms with E-state index in [4.69, 9.17) is 9.84 Å². The number of amides is 1. The van der Waals surface area contributed by atoms with Gasteiger partial charge in [-0.05, 0) is 31.9 Å². The standard InChI is InChI=1S/C15H21NO5/c1-15(2,3)21-14(20)16-12(9-17)11-6-4-10(5-7-11)8-13(18)19/h4-7,12,17H,8-9H2,1-3H3,(H,16,20)(H,18,19). The molecule has 1 aromatic carbocycles. The molecular formula is C15H21NO5. The highest BCUT2D eigenvalue weighted by Gasteiger charge is 2.20. The van der Waals surface area contributed by atoms with Crippen LogP contribution in [0.4, 0.5) is 4.79 Å². The Kier molecular flexibility index (Phi) is 5.72. The second kappa shape index (κ2) is 7.08. The molecule has 0 saturated heterocycles. The molecule has 0 bridgehead atoms. The molecule has 0 saturated carbocycles. The second-order valence-corrected chi connectivity index (χ2v) is 5.69. The molecule has 0 heterocycles. The molecular weight excluding hydrogens is 274 g/mol. The maximum atomic E-state index is 11.7. The quantitative estimate of drug-likeness (QED) is 0.770. The molecule has 0 aliphatic carbocycles. The monoisotopic (exact) mass is 295 g/mol. The first-order valence-electron chi connectivity index (χ1n) is 6.62. The number of carboxylic acid groups (broad SMARTS) is 1. The van der Waals surface area contributed by atoms with E-state index in [-0.39, 0.29) is 13.0 Å². The molecule has 3 N–H and O–H groups in total. The maximum Gasteiger partial charge on any atom is 0.408 e. The van der Waals surface area contributed by atoms with E-state index in [0.29, 0.717) is 11.1 Å². The molecule has 0 aliphatic rings. The van der Waals surface area contributed by atoms with Crippen LogP contribution in [0, 0.1) is 0 Å². The lowest BCUT2D eigenvalue weighted by molar-refractivity contribution is -0.136. The number of aliphatic hydroxyl groups excluding tert-OH is 1. The van der Waals surface area contributed by atoms with Gasteiger partial charge in [0.05, 0.1) is 19.1 Å². The molecule has 0 radical (unpaired) electrons. The van der Waals surface area contributed by atoms with Gasteiger partial charge in [-0.25, -0.2) is 4.79 Å². The number of nitrogens with one attached hydrogen (secondary N) is 1. The van der Waals surface area contributed by atoms with Crippen molar-refractivity contribution in [2.45, 2.75) is 38.8 Å². The molecule has 0 aromatic heterocycles. The molecule has 6 nitrogen and oxygen atoms in total. The summed E-state index contributed by atoms with van der Waals surface area (Å²) in [5.41, 5.74) is 0.716. The highest BCUT2D eigenvalue weighted by Crippen LogP contribution is 2.15. The normalized spacial score (nSPS) is 12.6. The summed E-state index contributed by atoms with van der Waals surface area (Å²) in [4.78, 5) is 22.3. The minimum absolute atomic E-state index is 0.0659. The number of rotatable bonds is 5. The number of aliphatic carboxylic acids is 1. The summed E-state index contributed by atoms with van der Waals surface area (Å²) in [6.07, 6.45) is -0.681. The summed E-state index contributed by atoms with van der Waals surface area (Å²) in [7, 11) is 0. The Hall–Kier alpha value is -2.08. The number of carbonyl (C=O) groups is 2. The fourth-order valence-electron chi connectivity index (χ4n) is 1.73. The van der Waals surface area contributed by atoms with Crippen LogP contribution >= 0.6 is 0 Å². The fraction of sp³-hybridized carbons (Fsp3) is 0.467. The zero-order chi connectivity index (χ0) is 16.0. The van der Waals surface area contributed by atoms with Crippen LogP contribution in [0.15, 0.2) is 24.3 Å². The van der Waals surface area contributed by atoms with Gasteiger partial charge in [0.15, 0.2) is 0 Å². The third kappa shape index (κ3) is 6.27. The summed E-state index contributed by atoms with van der Waals surface area (Å²) < 4.78 is 5.13. The van der Waals surface area contributed by atoms with E-state index < -0.39 is 23.7 Å². The molecule has 1 unspecified atom stereocenters. The Morgan fingerprint density at radius 2 is 1.81 bits per heavy atom. The first kappa shape index (κ1) is 17.0. The van der Waals surface area contributed by atoms with Gasteiger partial charge in [-0.2, -0.15) is 0 Å². The number of benzene rings is 1. The van der Waals surface area contributed by atoms with Gasteiger partial charge in [-0.15, -0.1) is 0 Å². The van der Waals surface area contributed by atoms with Crippen molar-refractivity contribution in [3.63, 3.8) is 0 Å². The number of hydrogen-bond donors (Lipinski definition) is 3. The largest absolute Gasteiger partial charge is 0.481 e. The van der Waals surface area contributed by atoms with Gasteiger partial charge in [-0.1, -0.05) is 24.3 Å². The van der Waals surface area contributed by atoms with Gasteiger partial charge in [0, 0.05) is 0 Å². The number of alkyl carbamates (subject to hydrolysis) is 1. The third-order valence-corrected chi connectivity index (χ3v) is 2.61. The van der Waals surface area contributed by atoms with Crippen molar-refractivity contribution < 1.29 is 24.5 Å². The van der Waals surface area contributed by atoms with Gasteiger partial charge in [0.1, 0.15) is 5.60 Å². The summed E-state index contributed by atoms with van der Waals surface area (Å²) in [6, 6.07) is 6.07. The lowest BCUT2D eigenvalue weighted by Crippen LogP contribution is -2.36. The fourth-order valence-corrected chi connectivity index (χ4v) is 1.73. The van der Waals surface area contributed by atoms with Crippen molar-refractivity contribution in [2.24, 2.45) is 0 Å². The average Bonchev–Trinajstić information content (AvgIpc) is 2.34. The van der Waals surface area contributed by atoms with Crippen LogP contribution in [0.3, 0.4) is 0 Å². The Morgan fingerprint density at radius 3 is 2.24 bits per heavy atom. The van der Waals surface area contributed by atoms with E-state index in [9.17, 15) is 14.7 Å². The van der Waals surface area contributed by atoms with Crippen molar-refractivity contribution >= 4 is 12.1 Å². The summed E-state index contributed by atoms with van der Waals surface area (Å²) in [6.45, 7) is 4.97. The van der Waals surface area contributed by atoms with E-state index in [1.165, 1.54) is 0 Å². The summed E-state index contributed by atoms with van der Waals surface area (Å²) >= 11 is 0. The van der Waals surface area contributed by atoms with Crippen LogP contribution in [0.2, 0.25) is 0 Å². The Bertz CT molecular complexity index is 490. The Labute approximate surface area is 123 Å². The lowest BCUT2D eigenvalue weighted by Gasteiger charge is -2.23. The van der Waals surface area contributed by atoms with E-state index in [1.807, 2.05) is 0 Å². The lowest BCUT2D eigenvalue weighted by atomic mass is 10.0. The van der Waals surface area contributed by atoms with Gasteiger partial charge in [0.25, 0.3) is 0 Å². The number of ether oxygens (including phenoxy) is 1. The summed E-state index contributed by atoms with van der Waals surface area (Å²) in [5, 5.41) is 20.7. The van der Waals surface area contributed by atoms with E-state index in [2.05, 4.69) is 5.32 Å². The number of aliphatic hydroxyl groups is 1. The zero-order valence-corrected chi connectivity index (χ0v) is 12.4. The molecule has 1 atom stereocenters. The molecule has 21 heavy (non-hydrogen) atoms. The predicted octanol–water partition coefficient (Wildman–Crippen LogP) is 1.87. The van der Waals surface area contributed by atoms with Crippen LogP contribution < -0.4 is 5.32 Å². The van der Waals surface area contributed by atoms with Gasteiger partial charge in [-0.3, -0.25) is 4.79 Å². The van der Waals surface area contributed by atoms with Crippen LogP contribution in [-0.2, 0) is 16.0 Å². The molecule has 116 valence electrons. The van der Waals surface area contributed by atoms with Crippen molar-refractivity contribution in [3.8, 4) is 0 Å². The maximum absolute atomic E-state index is 11.7. The second-order valence-electron chi connectivity index (χ2n) is 5.69. The third-order valence-electron chi connectivity index (χ3n) is 2.61. The molecule has 1 aromatic rings. The van der Waals surface area contributed by atoms with Crippen LogP contribution in [0.1, 0.15) is 37.9 Å². The SMILES string of the molecule is CC(C)(C)OC(=O)NC(CO)c1ccc(CC(=O)O)cc1. The van der Waals surface area contributed by atoms with E-state index in [1.54, 1.807) is 45.0 Å². The van der Waals surface area contributed by atoms with Crippen molar-refractivity contribution in [2.75, 3.05) is 6.61 Å². The van der Waals surface area contributed by atoms with Crippen molar-refractivity contribution in [3.05, 3.63) is 35.4 Å². The van der Waals surface area contributed by atoms with Crippen LogP contribution in [0.5, 0.6) is 0 Å². The van der Waals surface area contributed by atoms with E-state index >= 15 is 0 Å². The number of carboxylic acids is 1. The van der Waals surface area contributed by atoms with Crippen LogP contribution in [-0.4, -0.2) is 34.5 Å². The minimum atomic E-state index is -0.909. The average molecular weight is 295 g/mol. The highest BCUT2D eigenvalue weighted by molar-refractivity contribution is 5.70. The molecule has 0 aliphatic heterocycles. The number of hydrogen-bond acceptors (Lipinski definition) is 4. The molecule has 0 spiro atoms. The topological polar surface area (TPSA) is 95.9 Å². The van der Waals surface area contributed by atoms with E-state index in [0.717, 1.165) is 0 Å². The Morgan fingerprint density at radius 1 is 1.24 bits per heavy atom.